The van der Waals surface area contributed by atoms with E-state index in [1.165, 1.54) is 14.8 Å². The van der Waals surface area contributed by atoms with Crippen molar-refractivity contribution in [1.82, 2.24) is 0 Å². The topological polar surface area (TPSA) is 23.8 Å². The van der Waals surface area contributed by atoms with E-state index in [1.54, 1.807) is 0 Å². The zero-order chi connectivity index (χ0) is 8.12. The maximum atomic E-state index is 6.25. The van der Waals surface area contributed by atoms with E-state index in [2.05, 4.69) is 32.6 Å². The number of halogens is 1. The van der Waals surface area contributed by atoms with Crippen LogP contribution >= 0.6 is 19.8 Å². The Kier molecular flexibility index (Phi) is 115. The number of terminal acetylenes is 1. The molecule has 0 N–H and O–H groups in total. The van der Waals surface area contributed by atoms with Gasteiger partial charge in [0.2, 0.25) is 0 Å². The van der Waals surface area contributed by atoms with Crippen molar-refractivity contribution in [3.63, 3.8) is 0 Å². The summed E-state index contributed by atoms with van der Waals surface area (Å²) < 4.78 is 0. The first-order valence-corrected chi connectivity index (χ1v) is 11.2. The molecule has 0 heterocycles. The van der Waals surface area contributed by atoms with Crippen molar-refractivity contribution < 1.29 is 31.9 Å². The fourth-order valence-electron chi connectivity index (χ4n) is 0.102. The van der Waals surface area contributed by atoms with E-state index in [0.717, 1.165) is 12.8 Å². The van der Waals surface area contributed by atoms with Crippen LogP contribution in [0.2, 0.25) is 0 Å². The first-order chi connectivity index (χ1) is 4.41. The number of unbranched alkanes of at least 4 members (excludes halogenated alkanes) is 1. The van der Waals surface area contributed by atoms with E-state index in [9.17, 15) is 0 Å². The molecule has 0 aromatic rings. The molecule has 56 valence electrons. The second-order valence-electron chi connectivity index (χ2n) is 0.808. The van der Waals surface area contributed by atoms with Gasteiger partial charge in [-0.25, -0.2) is 0 Å². The fourth-order valence-corrected chi connectivity index (χ4v) is 0.102. The van der Waals surface area contributed by atoms with Crippen molar-refractivity contribution in [3.05, 3.63) is 13.5 Å². The van der Waals surface area contributed by atoms with Crippen molar-refractivity contribution in [2.45, 2.75) is 12.8 Å². The van der Waals surface area contributed by atoms with Crippen LogP contribution in [0.3, 0.4) is 0 Å². The molecule has 4 heteroatoms. The Hall–Kier alpha value is 0.923. The standard InChI is InChI=1S/C5H7.CN.Cu.HI.Zn/c1-3-5-4-2;1-2;;;/h1H,2,4-5H2;;;1H;/q2*-1;+1;;+2/p-1. The van der Waals surface area contributed by atoms with Crippen molar-refractivity contribution in [1.29, 1.82) is 5.26 Å². The van der Waals surface area contributed by atoms with Gasteiger partial charge in [-0.1, -0.05) is 0 Å². The summed E-state index contributed by atoms with van der Waals surface area (Å²) in [6.07, 6.45) is 6.51. The maximum absolute atomic E-state index is 6.25. The molecule has 0 amide bonds. The fraction of sp³-hybridized carbons (Fsp3) is 0.333. The Labute approximate surface area is 94.7 Å². The van der Waals surface area contributed by atoms with Crippen molar-refractivity contribution >= 4 is 19.8 Å². The van der Waals surface area contributed by atoms with Gasteiger partial charge >= 0.3 is 51.6 Å². The van der Waals surface area contributed by atoms with Gasteiger partial charge in [0.25, 0.3) is 0 Å². The molecular formula is C6H7CuINZn. The Morgan fingerprint density at radius 3 is 1.90 bits per heavy atom. The number of nitrogens with zero attached hydrogens (tertiary/aromatic N) is 1. The van der Waals surface area contributed by atoms with Gasteiger partial charge in [0.15, 0.2) is 0 Å². The van der Waals surface area contributed by atoms with Crippen molar-refractivity contribution in [3.8, 4) is 12.3 Å². The average Bonchev–Trinajstić information content (AvgIpc) is 1.98. The molecule has 0 saturated carbocycles. The van der Waals surface area contributed by atoms with Gasteiger partial charge in [-0.05, 0) is 6.42 Å². The molecule has 1 nitrogen and oxygen atoms in total. The molecule has 0 saturated heterocycles. The van der Waals surface area contributed by atoms with Crippen LogP contribution in [0.1, 0.15) is 12.8 Å². The van der Waals surface area contributed by atoms with Gasteiger partial charge in [-0.15, -0.1) is 12.3 Å². The summed E-state index contributed by atoms with van der Waals surface area (Å²) in [6, 6.07) is 0. The molecule has 0 atom stereocenters. The predicted octanol–water partition coefficient (Wildman–Crippen LogP) is 2.21. The summed E-state index contributed by atoms with van der Waals surface area (Å²) >= 11 is 3.62. The minimum absolute atomic E-state index is 0. The summed E-state index contributed by atoms with van der Waals surface area (Å²) in [4.78, 5) is 0. The SMILES string of the molecule is C#CCC[CH2-].[C-]#N.[Cu+].[Zn+][I]. The molecule has 0 bridgehead atoms. The normalized spacial score (nSPS) is 4.10. The molecule has 0 unspecified atom stereocenters. The van der Waals surface area contributed by atoms with Gasteiger partial charge in [-0.2, -0.15) is 6.42 Å². The minimum atomic E-state index is 0. The van der Waals surface area contributed by atoms with E-state index < -0.39 is 0 Å². The average molecular weight is 349 g/mol. The molecule has 0 aliphatic carbocycles. The van der Waals surface area contributed by atoms with Crippen LogP contribution in [0.4, 0.5) is 0 Å². The van der Waals surface area contributed by atoms with E-state index in [-0.39, 0.29) is 17.1 Å². The molecule has 0 rings (SSSR count). The van der Waals surface area contributed by atoms with Crippen LogP contribution in [-0.2, 0) is 31.9 Å². The monoisotopic (exact) mass is 347 g/mol. The van der Waals surface area contributed by atoms with Crippen LogP contribution in [0.5, 0.6) is 0 Å². The first kappa shape index (κ1) is 22.4. The van der Waals surface area contributed by atoms with Gasteiger partial charge in [-0.3, -0.25) is 0 Å². The second kappa shape index (κ2) is 51.3. The van der Waals surface area contributed by atoms with Crippen LogP contribution in [0, 0.1) is 31.1 Å². The second-order valence-corrected chi connectivity index (χ2v) is 0.808. The molecule has 10 heavy (non-hydrogen) atoms. The number of hydrogen-bond donors (Lipinski definition) is 0. The Bertz CT molecular complexity index is 79.6. The number of rotatable bonds is 1. The van der Waals surface area contributed by atoms with Gasteiger partial charge in [0.1, 0.15) is 0 Å². The molecule has 0 aromatic carbocycles. The summed E-state index contributed by atoms with van der Waals surface area (Å²) in [7, 11) is 0. The third kappa shape index (κ3) is 65.6. The van der Waals surface area contributed by atoms with Gasteiger partial charge in [0, 0.05) is 0 Å². The van der Waals surface area contributed by atoms with Crippen molar-refractivity contribution in [2.24, 2.45) is 0 Å². The van der Waals surface area contributed by atoms with Gasteiger partial charge in [0.05, 0.1) is 0 Å². The Balaban J connectivity index is -0.0000000315. The molecule has 0 aliphatic heterocycles. The van der Waals surface area contributed by atoms with E-state index in [0.29, 0.717) is 0 Å². The summed E-state index contributed by atoms with van der Waals surface area (Å²) in [5, 5.41) is 6.25. The van der Waals surface area contributed by atoms with Crippen LogP contribution in [0.15, 0.2) is 0 Å². The van der Waals surface area contributed by atoms with Gasteiger partial charge < -0.3 is 18.8 Å². The van der Waals surface area contributed by atoms with Crippen LogP contribution in [0.25, 0.3) is 0 Å². The van der Waals surface area contributed by atoms with E-state index >= 15 is 0 Å². The Morgan fingerprint density at radius 2 is 1.90 bits per heavy atom. The third-order valence-electron chi connectivity index (χ3n) is 0.321. The predicted molar refractivity (Wildman–Crippen MR) is 42.4 cm³/mol. The summed E-state index contributed by atoms with van der Waals surface area (Å²) in [6.45, 7) is 8.28. The molecule has 0 aliphatic rings. The summed E-state index contributed by atoms with van der Waals surface area (Å²) in [5.74, 6) is 2.45. The molecule has 0 spiro atoms. The quantitative estimate of drug-likeness (QED) is 0.308. The van der Waals surface area contributed by atoms with Crippen molar-refractivity contribution in [2.75, 3.05) is 0 Å². The molecule has 0 aromatic heterocycles. The molecule has 0 fully saturated rings. The van der Waals surface area contributed by atoms with Crippen LogP contribution in [-0.4, -0.2) is 0 Å². The zero-order valence-electron chi connectivity index (χ0n) is 5.53. The summed E-state index contributed by atoms with van der Waals surface area (Å²) in [5.41, 5.74) is 0. The Morgan fingerprint density at radius 1 is 1.60 bits per heavy atom. The molecule has 0 radical (unpaired) electrons. The van der Waals surface area contributed by atoms with E-state index in [1.807, 2.05) is 0 Å². The molecular weight excluding hydrogens is 342 g/mol. The zero-order valence-corrected chi connectivity index (χ0v) is 11.6. The number of hydrogen-bond acceptors (Lipinski definition) is 1. The van der Waals surface area contributed by atoms with E-state index in [4.69, 9.17) is 18.3 Å². The third-order valence-corrected chi connectivity index (χ3v) is 0.321. The van der Waals surface area contributed by atoms with Crippen LogP contribution < -0.4 is 0 Å². The first-order valence-electron chi connectivity index (χ1n) is 2.13.